The third kappa shape index (κ3) is 5.53. The molecule has 2 heterocycles. The van der Waals surface area contributed by atoms with Gasteiger partial charge in [-0.2, -0.15) is 0 Å². The highest BCUT2D eigenvalue weighted by Crippen LogP contribution is 2.32. The zero-order chi connectivity index (χ0) is 22.6. The van der Waals surface area contributed by atoms with Crippen molar-refractivity contribution in [2.24, 2.45) is 5.41 Å². The summed E-state index contributed by atoms with van der Waals surface area (Å²) in [6.07, 6.45) is 2.14. The van der Waals surface area contributed by atoms with Crippen LogP contribution >= 0.6 is 0 Å². The molecule has 2 aliphatic rings. The zero-order valence-corrected chi connectivity index (χ0v) is 18.9. The lowest BCUT2D eigenvalue weighted by molar-refractivity contribution is 0.0951. The second-order valence-corrected chi connectivity index (χ2v) is 9.38. The minimum Gasteiger partial charge on any atom is -0.454 e. The van der Waals surface area contributed by atoms with Gasteiger partial charge in [-0.1, -0.05) is 19.9 Å². The second-order valence-electron chi connectivity index (χ2n) is 9.38. The van der Waals surface area contributed by atoms with Gasteiger partial charge in [0.15, 0.2) is 11.5 Å². The minimum absolute atomic E-state index is 0.0870. The van der Waals surface area contributed by atoms with Gasteiger partial charge in [0.25, 0.3) is 5.91 Å². The summed E-state index contributed by atoms with van der Waals surface area (Å²) in [7, 11) is 0. The van der Waals surface area contributed by atoms with Gasteiger partial charge in [0.05, 0.1) is 0 Å². The van der Waals surface area contributed by atoms with Crippen molar-refractivity contribution >= 4 is 11.6 Å². The first-order valence-corrected chi connectivity index (χ1v) is 11.3. The molecule has 7 nitrogen and oxygen atoms in total. The summed E-state index contributed by atoms with van der Waals surface area (Å²) in [5, 5.41) is 16.0. The van der Waals surface area contributed by atoms with E-state index in [1.165, 1.54) is 0 Å². The SMILES string of the molecule is CC(C)(CO)CNC1CCN(c2ccc(C(=O)NCc3ccc4c(c3)OCO4)cc2)CC1. The minimum atomic E-state index is -0.0939. The fraction of sp³-hybridized carbons (Fsp3) is 0.480. The molecule has 1 amide bonds. The van der Waals surface area contributed by atoms with Gasteiger partial charge in [0.2, 0.25) is 6.79 Å². The van der Waals surface area contributed by atoms with Gasteiger partial charge in [-0.05, 0) is 54.8 Å². The van der Waals surface area contributed by atoms with Crippen LogP contribution in [0.1, 0.15) is 42.6 Å². The highest BCUT2D eigenvalue weighted by molar-refractivity contribution is 5.94. The van der Waals surface area contributed by atoms with E-state index in [0.717, 1.165) is 55.2 Å². The van der Waals surface area contributed by atoms with Gasteiger partial charge >= 0.3 is 0 Å². The monoisotopic (exact) mass is 439 g/mol. The Balaban J connectivity index is 1.24. The Labute approximate surface area is 189 Å². The van der Waals surface area contributed by atoms with Crippen molar-refractivity contribution in [1.82, 2.24) is 10.6 Å². The number of hydrogen-bond acceptors (Lipinski definition) is 6. The molecule has 0 spiro atoms. The van der Waals surface area contributed by atoms with E-state index < -0.39 is 0 Å². The molecular formula is C25H33N3O4. The number of ether oxygens (including phenoxy) is 2. The molecule has 2 aromatic rings. The van der Waals surface area contributed by atoms with Crippen LogP contribution in [0.15, 0.2) is 42.5 Å². The molecule has 32 heavy (non-hydrogen) atoms. The first kappa shape index (κ1) is 22.4. The number of benzene rings is 2. The number of nitrogens with zero attached hydrogens (tertiary/aromatic N) is 1. The number of hydrogen-bond donors (Lipinski definition) is 3. The number of anilines is 1. The van der Waals surface area contributed by atoms with Gasteiger partial charge in [0.1, 0.15) is 0 Å². The predicted molar refractivity (Wildman–Crippen MR) is 124 cm³/mol. The van der Waals surface area contributed by atoms with E-state index in [4.69, 9.17) is 9.47 Å². The molecular weight excluding hydrogens is 406 g/mol. The van der Waals surface area contributed by atoms with Crippen LogP contribution in [-0.4, -0.2) is 50.1 Å². The molecule has 0 radical (unpaired) electrons. The number of aliphatic hydroxyl groups is 1. The van der Waals surface area contributed by atoms with E-state index in [0.29, 0.717) is 18.2 Å². The molecule has 0 aromatic heterocycles. The average molecular weight is 440 g/mol. The van der Waals surface area contributed by atoms with Gasteiger partial charge in [-0.25, -0.2) is 0 Å². The Bertz CT molecular complexity index is 921. The summed E-state index contributed by atoms with van der Waals surface area (Å²) < 4.78 is 10.7. The molecule has 0 aliphatic carbocycles. The van der Waals surface area contributed by atoms with Crippen molar-refractivity contribution in [2.75, 3.05) is 37.9 Å². The molecule has 1 fully saturated rings. The summed E-state index contributed by atoms with van der Waals surface area (Å²) in [5.41, 5.74) is 2.68. The van der Waals surface area contributed by atoms with Crippen LogP contribution in [0.3, 0.4) is 0 Å². The Morgan fingerprint density at radius 2 is 1.81 bits per heavy atom. The van der Waals surface area contributed by atoms with E-state index in [2.05, 4.69) is 29.4 Å². The van der Waals surface area contributed by atoms with Crippen molar-refractivity contribution < 1.29 is 19.4 Å². The average Bonchev–Trinajstić information content (AvgIpc) is 3.30. The van der Waals surface area contributed by atoms with E-state index in [1.54, 1.807) is 0 Å². The van der Waals surface area contributed by atoms with Gasteiger partial charge < -0.3 is 30.1 Å². The summed E-state index contributed by atoms with van der Waals surface area (Å²) in [5.74, 6) is 1.37. The smallest absolute Gasteiger partial charge is 0.251 e. The molecule has 2 aromatic carbocycles. The lowest BCUT2D eigenvalue weighted by atomic mass is 9.93. The van der Waals surface area contributed by atoms with Gasteiger partial charge in [-0.3, -0.25) is 4.79 Å². The third-order valence-electron chi connectivity index (χ3n) is 6.18. The number of nitrogens with one attached hydrogen (secondary N) is 2. The Hall–Kier alpha value is -2.77. The standard InChI is InChI=1S/C25H33N3O4/c1-25(2,16-29)15-27-20-9-11-28(12-10-20)21-6-4-19(5-7-21)24(30)26-14-18-3-8-22-23(13-18)32-17-31-22/h3-8,13,20,27,29H,9-12,14-17H2,1-2H3,(H,26,30). The van der Waals surface area contributed by atoms with E-state index in [1.807, 2.05) is 42.5 Å². The third-order valence-corrected chi connectivity index (χ3v) is 6.18. The number of piperidine rings is 1. The van der Waals surface area contributed by atoms with Gasteiger partial charge in [-0.15, -0.1) is 0 Å². The summed E-state index contributed by atoms with van der Waals surface area (Å²) in [6.45, 7) is 7.79. The molecule has 3 N–H and O–H groups in total. The molecule has 172 valence electrons. The van der Waals surface area contributed by atoms with Crippen molar-refractivity contribution in [3.63, 3.8) is 0 Å². The van der Waals surface area contributed by atoms with Crippen molar-refractivity contribution in [3.8, 4) is 11.5 Å². The quantitative estimate of drug-likeness (QED) is 0.587. The molecule has 1 saturated heterocycles. The molecule has 0 unspecified atom stereocenters. The van der Waals surface area contributed by atoms with Crippen molar-refractivity contribution in [2.45, 2.75) is 39.3 Å². The fourth-order valence-corrected chi connectivity index (χ4v) is 3.98. The van der Waals surface area contributed by atoms with Crippen LogP contribution < -0.4 is 25.0 Å². The molecule has 0 bridgehead atoms. The number of aliphatic hydroxyl groups excluding tert-OH is 1. The van der Waals surface area contributed by atoms with Crippen LogP contribution in [0, 0.1) is 5.41 Å². The maximum Gasteiger partial charge on any atom is 0.251 e. The molecule has 4 rings (SSSR count). The molecule has 2 aliphatic heterocycles. The first-order chi connectivity index (χ1) is 15.4. The first-order valence-electron chi connectivity index (χ1n) is 11.3. The maximum absolute atomic E-state index is 12.6. The summed E-state index contributed by atoms with van der Waals surface area (Å²) in [6, 6.07) is 14.0. The van der Waals surface area contributed by atoms with Crippen LogP contribution in [0.4, 0.5) is 5.69 Å². The Morgan fingerprint density at radius 3 is 2.53 bits per heavy atom. The molecule has 0 saturated carbocycles. The summed E-state index contributed by atoms with van der Waals surface area (Å²) >= 11 is 0. The lowest BCUT2D eigenvalue weighted by Crippen LogP contribution is -2.45. The van der Waals surface area contributed by atoms with E-state index in [-0.39, 0.29) is 24.7 Å². The Morgan fingerprint density at radius 1 is 1.09 bits per heavy atom. The Kier molecular flexibility index (Phi) is 6.86. The number of fused-ring (bicyclic) bond motifs is 1. The highest BCUT2D eigenvalue weighted by atomic mass is 16.7. The van der Waals surface area contributed by atoms with E-state index in [9.17, 15) is 9.90 Å². The highest BCUT2D eigenvalue weighted by Gasteiger charge is 2.23. The zero-order valence-electron chi connectivity index (χ0n) is 18.9. The number of rotatable bonds is 8. The normalized spacial score (nSPS) is 16.3. The fourth-order valence-electron chi connectivity index (χ4n) is 3.98. The lowest BCUT2D eigenvalue weighted by Gasteiger charge is -2.35. The summed E-state index contributed by atoms with van der Waals surface area (Å²) in [4.78, 5) is 14.9. The van der Waals surface area contributed by atoms with Crippen LogP contribution in [0.25, 0.3) is 0 Å². The number of carbonyl (C=O) groups is 1. The van der Waals surface area contributed by atoms with Gasteiger partial charge in [0, 0.05) is 55.5 Å². The number of carbonyl (C=O) groups excluding carboxylic acids is 1. The van der Waals surface area contributed by atoms with Crippen LogP contribution in [-0.2, 0) is 6.54 Å². The van der Waals surface area contributed by atoms with E-state index >= 15 is 0 Å². The number of amides is 1. The van der Waals surface area contributed by atoms with Crippen molar-refractivity contribution in [1.29, 1.82) is 0 Å². The van der Waals surface area contributed by atoms with Crippen LogP contribution in [0.5, 0.6) is 11.5 Å². The molecule has 7 heteroatoms. The predicted octanol–water partition coefficient (Wildman–Crippen LogP) is 2.92. The van der Waals surface area contributed by atoms with Crippen molar-refractivity contribution in [3.05, 3.63) is 53.6 Å². The maximum atomic E-state index is 12.6. The second kappa shape index (κ2) is 9.79. The largest absolute Gasteiger partial charge is 0.454 e. The topological polar surface area (TPSA) is 83.1 Å². The van der Waals surface area contributed by atoms with Crippen LogP contribution in [0.2, 0.25) is 0 Å². The molecule has 0 atom stereocenters.